The Bertz CT molecular complexity index is 2360. The van der Waals surface area contributed by atoms with Gasteiger partial charge in [-0.05, 0) is 130 Å². The van der Waals surface area contributed by atoms with Gasteiger partial charge in [-0.15, -0.1) is 0 Å². The van der Waals surface area contributed by atoms with Crippen LogP contribution in [0.15, 0.2) is 169 Å². The molecule has 1 unspecified atom stereocenters. The molecule has 1 nitrogen and oxygen atoms in total. The molecule has 0 radical (unpaired) electrons. The van der Waals surface area contributed by atoms with Crippen LogP contribution in [0.5, 0.6) is 0 Å². The first kappa shape index (κ1) is 31.7. The van der Waals surface area contributed by atoms with E-state index in [4.69, 9.17) is 0 Å². The van der Waals surface area contributed by atoms with Crippen molar-refractivity contribution in [3.8, 4) is 22.3 Å². The fourth-order valence-electron chi connectivity index (χ4n) is 7.65. The number of aryl methyl sites for hydroxylation is 2. The molecule has 3 heteroatoms. The third-order valence-electron chi connectivity index (χ3n) is 10.1. The Kier molecular flexibility index (Phi) is 8.09. The predicted molar refractivity (Wildman–Crippen MR) is 211 cm³/mol. The molecule has 0 fully saturated rings. The van der Waals surface area contributed by atoms with Gasteiger partial charge in [0, 0.05) is 21.5 Å². The molecule has 50 heavy (non-hydrogen) atoms. The summed E-state index contributed by atoms with van der Waals surface area (Å²) in [6, 6.07) is 55.0. The highest BCUT2D eigenvalue weighted by atomic mass is 79.9. The molecule has 0 aromatic heterocycles. The maximum atomic E-state index is 14.3. The smallest absolute Gasteiger partial charge is 0.123 e. The normalized spacial score (nSPS) is 14.6. The maximum Gasteiger partial charge on any atom is 0.123 e. The molecule has 0 saturated carbocycles. The van der Waals surface area contributed by atoms with Gasteiger partial charge in [-0.2, -0.15) is 0 Å². The zero-order valence-corrected chi connectivity index (χ0v) is 29.6. The fourth-order valence-corrected chi connectivity index (χ4v) is 7.92. The van der Waals surface area contributed by atoms with Crippen LogP contribution in [0.1, 0.15) is 38.9 Å². The van der Waals surface area contributed by atoms with Crippen LogP contribution in [-0.2, 0) is 5.41 Å². The van der Waals surface area contributed by atoms with Gasteiger partial charge in [0.15, 0.2) is 0 Å². The highest BCUT2D eigenvalue weighted by Crippen LogP contribution is 2.58. The van der Waals surface area contributed by atoms with Crippen molar-refractivity contribution in [2.75, 3.05) is 4.90 Å². The topological polar surface area (TPSA) is 3.24 Å². The second-order valence-electron chi connectivity index (χ2n) is 13.0. The zero-order valence-electron chi connectivity index (χ0n) is 28.0. The Morgan fingerprint density at radius 2 is 1.18 bits per heavy atom. The summed E-state index contributed by atoms with van der Waals surface area (Å²) in [5.74, 6) is -0.263. The number of nitrogens with zero attached hydrogens (tertiary/aromatic N) is 1. The van der Waals surface area contributed by atoms with Gasteiger partial charge in [-0.3, -0.25) is 0 Å². The number of hydrogen-bond acceptors (Lipinski definition) is 1. The minimum Gasteiger partial charge on any atom is -0.310 e. The Balaban J connectivity index is 1.38. The quantitative estimate of drug-likeness (QED) is 0.159. The third-order valence-corrected chi connectivity index (χ3v) is 10.6. The van der Waals surface area contributed by atoms with Gasteiger partial charge >= 0.3 is 0 Å². The van der Waals surface area contributed by atoms with E-state index in [1.807, 2.05) is 18.2 Å². The van der Waals surface area contributed by atoms with Gasteiger partial charge in [-0.1, -0.05) is 131 Å². The Morgan fingerprint density at radius 1 is 0.580 bits per heavy atom. The summed E-state index contributed by atoms with van der Waals surface area (Å²) in [5.41, 5.74) is 15.5. The van der Waals surface area contributed by atoms with E-state index in [2.05, 4.69) is 175 Å². The molecule has 0 heterocycles. The number of fused-ring (bicyclic) bond motifs is 3. The number of anilines is 3. The van der Waals surface area contributed by atoms with Crippen LogP contribution >= 0.6 is 15.9 Å². The van der Waals surface area contributed by atoms with E-state index < -0.39 is 5.41 Å². The maximum absolute atomic E-state index is 14.3. The minimum absolute atomic E-state index is 0.263. The highest BCUT2D eigenvalue weighted by Gasteiger charge is 2.47. The van der Waals surface area contributed by atoms with Gasteiger partial charge in [0.05, 0.1) is 5.41 Å². The van der Waals surface area contributed by atoms with Crippen molar-refractivity contribution >= 4 is 39.1 Å². The van der Waals surface area contributed by atoms with Crippen molar-refractivity contribution in [2.24, 2.45) is 0 Å². The number of hydrogen-bond donors (Lipinski definition) is 0. The molecular weight excluding hydrogens is 677 g/mol. The van der Waals surface area contributed by atoms with Crippen LogP contribution < -0.4 is 4.90 Å². The monoisotopic (exact) mass is 711 g/mol. The Hall–Kier alpha value is -5.51. The lowest BCUT2D eigenvalue weighted by Crippen LogP contribution is -2.30. The van der Waals surface area contributed by atoms with Gasteiger partial charge in [-0.25, -0.2) is 4.39 Å². The summed E-state index contributed by atoms with van der Waals surface area (Å²) >= 11 is 3.55. The van der Waals surface area contributed by atoms with Crippen LogP contribution in [-0.4, -0.2) is 0 Å². The molecule has 242 valence electrons. The molecular formula is C47H35BrFN. The van der Waals surface area contributed by atoms with Gasteiger partial charge < -0.3 is 4.90 Å². The third kappa shape index (κ3) is 5.30. The second-order valence-corrected chi connectivity index (χ2v) is 14.0. The summed E-state index contributed by atoms with van der Waals surface area (Å²) in [6.07, 6.45) is 1.89. The molecule has 0 aliphatic heterocycles. The van der Waals surface area contributed by atoms with E-state index in [9.17, 15) is 4.39 Å². The van der Waals surface area contributed by atoms with Crippen LogP contribution in [0.2, 0.25) is 0 Å². The predicted octanol–water partition coefficient (Wildman–Crippen LogP) is 13.3. The molecule has 1 atom stereocenters. The summed E-state index contributed by atoms with van der Waals surface area (Å²) in [6.45, 7) is 8.41. The lowest BCUT2D eigenvalue weighted by Gasteiger charge is -2.36. The van der Waals surface area contributed by atoms with Crippen molar-refractivity contribution in [3.63, 3.8) is 0 Å². The van der Waals surface area contributed by atoms with Crippen LogP contribution in [0.4, 0.5) is 21.5 Å². The average Bonchev–Trinajstić information content (AvgIpc) is 3.44. The Morgan fingerprint density at radius 3 is 1.86 bits per heavy atom. The first-order chi connectivity index (χ1) is 24.4. The molecule has 1 aliphatic rings. The standard InChI is InChI=1S/C47H35BrFN/c1-4-33-11-17-36(18-12-33)47(45-29-31(2)9-10-32(45)3)44-8-6-5-7-42(44)43-28-27-41(30-46(43)47)50(40-25-21-38(49)22-26-40)39-23-15-35(16-24-39)34-13-19-37(48)20-14-34/h4-30H,1H2,2-3H3. The molecule has 0 bridgehead atoms. The van der Waals surface area contributed by atoms with E-state index in [1.165, 1.54) is 56.6 Å². The van der Waals surface area contributed by atoms with E-state index in [1.54, 1.807) is 0 Å². The number of benzene rings is 7. The summed E-state index contributed by atoms with van der Waals surface area (Å²) in [4.78, 5) is 2.22. The molecule has 8 rings (SSSR count). The van der Waals surface area contributed by atoms with Crippen molar-refractivity contribution in [1.29, 1.82) is 0 Å². The van der Waals surface area contributed by atoms with Crippen molar-refractivity contribution in [2.45, 2.75) is 19.3 Å². The lowest BCUT2D eigenvalue weighted by molar-refractivity contribution is 0.628. The van der Waals surface area contributed by atoms with Crippen LogP contribution in [0.25, 0.3) is 28.3 Å². The first-order valence-electron chi connectivity index (χ1n) is 16.8. The Labute approximate surface area is 302 Å². The van der Waals surface area contributed by atoms with Crippen LogP contribution in [0, 0.1) is 19.7 Å². The summed E-state index contributed by atoms with van der Waals surface area (Å²) < 4.78 is 15.4. The molecule has 0 spiro atoms. The largest absolute Gasteiger partial charge is 0.310 e. The highest BCUT2D eigenvalue weighted by molar-refractivity contribution is 9.10. The van der Waals surface area contributed by atoms with Crippen LogP contribution in [0.3, 0.4) is 0 Å². The van der Waals surface area contributed by atoms with E-state index in [0.29, 0.717) is 0 Å². The minimum atomic E-state index is -0.572. The van der Waals surface area contributed by atoms with Crippen molar-refractivity contribution in [3.05, 3.63) is 214 Å². The van der Waals surface area contributed by atoms with Gasteiger partial charge in [0.1, 0.15) is 5.82 Å². The molecule has 0 saturated heterocycles. The fraction of sp³-hybridized carbons (Fsp3) is 0.0638. The second kappa shape index (κ2) is 12.7. The number of halogens is 2. The number of rotatable bonds is 7. The molecule has 1 aliphatic carbocycles. The lowest BCUT2D eigenvalue weighted by atomic mass is 9.66. The van der Waals surface area contributed by atoms with E-state index >= 15 is 0 Å². The zero-order chi connectivity index (χ0) is 34.4. The molecule has 7 aromatic rings. The summed E-state index contributed by atoms with van der Waals surface area (Å²) in [7, 11) is 0. The van der Waals surface area contributed by atoms with Gasteiger partial charge in [0.2, 0.25) is 0 Å². The van der Waals surface area contributed by atoms with Crippen molar-refractivity contribution in [1.82, 2.24) is 0 Å². The van der Waals surface area contributed by atoms with Crippen molar-refractivity contribution < 1.29 is 4.39 Å². The molecule has 0 amide bonds. The van der Waals surface area contributed by atoms with Gasteiger partial charge in [0.25, 0.3) is 0 Å². The van der Waals surface area contributed by atoms with E-state index in [-0.39, 0.29) is 5.82 Å². The summed E-state index contributed by atoms with van der Waals surface area (Å²) in [5, 5.41) is 0. The molecule has 0 N–H and O–H groups in total. The average molecular weight is 713 g/mol. The SMILES string of the molecule is C=Cc1ccc(C2(c3cc(C)ccc3C)c3ccccc3-c3ccc(N(c4ccc(F)cc4)c4ccc(-c5ccc(Br)cc5)cc4)cc32)cc1. The first-order valence-corrected chi connectivity index (χ1v) is 17.6. The molecule has 7 aromatic carbocycles. The van der Waals surface area contributed by atoms with E-state index in [0.717, 1.165) is 38.2 Å².